The summed E-state index contributed by atoms with van der Waals surface area (Å²) in [7, 11) is 0. The monoisotopic (exact) mass is 294 g/mol. The summed E-state index contributed by atoms with van der Waals surface area (Å²) >= 11 is 0. The maximum Gasteiger partial charge on any atom is 0.328 e. The second kappa shape index (κ2) is 7.37. The van der Waals surface area contributed by atoms with Gasteiger partial charge >= 0.3 is 5.97 Å². The third kappa shape index (κ3) is 5.21. The van der Waals surface area contributed by atoms with Gasteiger partial charge in [-0.3, -0.25) is 14.9 Å². The highest BCUT2D eigenvalue weighted by atomic mass is 16.6. The van der Waals surface area contributed by atoms with Gasteiger partial charge in [-0.2, -0.15) is 0 Å². The van der Waals surface area contributed by atoms with Gasteiger partial charge in [0.25, 0.3) is 11.6 Å². The number of esters is 1. The van der Waals surface area contributed by atoms with Crippen LogP contribution in [-0.4, -0.2) is 29.4 Å². The molecule has 114 valence electrons. The van der Waals surface area contributed by atoms with Crippen molar-refractivity contribution in [3.05, 3.63) is 39.9 Å². The van der Waals surface area contributed by atoms with Crippen LogP contribution in [0.5, 0.6) is 0 Å². The Labute approximate surface area is 122 Å². The normalized spacial score (nSPS) is 11.8. The first-order valence-electron chi connectivity index (χ1n) is 6.53. The molecule has 1 amide bonds. The Bertz CT molecular complexity index is 525. The van der Waals surface area contributed by atoms with E-state index in [1.54, 1.807) is 0 Å². The average Bonchev–Trinajstić information content (AvgIpc) is 2.44. The first-order valence-corrected chi connectivity index (χ1v) is 6.53. The molecule has 1 aromatic rings. The molecule has 0 heterocycles. The molecule has 1 N–H and O–H groups in total. The van der Waals surface area contributed by atoms with Gasteiger partial charge in [0, 0.05) is 17.7 Å². The molecular weight excluding hydrogens is 276 g/mol. The summed E-state index contributed by atoms with van der Waals surface area (Å²) in [5, 5.41) is 13.0. The maximum atomic E-state index is 11.9. The predicted octanol–water partition coefficient (Wildman–Crippen LogP) is 1.91. The average molecular weight is 294 g/mol. The molecule has 1 unspecified atom stereocenters. The van der Waals surface area contributed by atoms with Gasteiger partial charge in [-0.15, -0.1) is 0 Å². The standard InChI is InChI=1S/C14H18N2O5/c1-9(2)8-21-14(18)10(3)15-13(17)11-4-6-12(7-5-11)16(19)20/h4-7,9-10H,8H2,1-3H3,(H,15,17). The SMILES string of the molecule is CC(C)COC(=O)C(C)NC(=O)c1ccc([N+](=O)[O-])cc1. The van der Waals surface area contributed by atoms with E-state index in [4.69, 9.17) is 4.74 Å². The fourth-order valence-corrected chi connectivity index (χ4v) is 1.45. The number of rotatable bonds is 6. The molecule has 0 aliphatic carbocycles. The van der Waals surface area contributed by atoms with Crippen molar-refractivity contribution in [2.45, 2.75) is 26.8 Å². The number of amides is 1. The van der Waals surface area contributed by atoms with Crippen LogP contribution in [0.3, 0.4) is 0 Å². The minimum atomic E-state index is -0.786. The van der Waals surface area contributed by atoms with E-state index < -0.39 is 22.8 Å². The van der Waals surface area contributed by atoms with E-state index in [9.17, 15) is 19.7 Å². The van der Waals surface area contributed by atoms with Crippen LogP contribution in [0.15, 0.2) is 24.3 Å². The number of ether oxygens (including phenoxy) is 1. The highest BCUT2D eigenvalue weighted by Crippen LogP contribution is 2.12. The Balaban J connectivity index is 2.59. The summed E-state index contributed by atoms with van der Waals surface area (Å²) in [6, 6.07) is 4.35. The van der Waals surface area contributed by atoms with Gasteiger partial charge in [0.05, 0.1) is 11.5 Å². The largest absolute Gasteiger partial charge is 0.464 e. The Morgan fingerprint density at radius 3 is 2.29 bits per heavy atom. The third-order valence-electron chi connectivity index (χ3n) is 2.60. The molecule has 1 rings (SSSR count). The molecule has 1 atom stereocenters. The van der Waals surface area contributed by atoms with Crippen molar-refractivity contribution in [3.8, 4) is 0 Å². The van der Waals surface area contributed by atoms with E-state index in [1.165, 1.54) is 31.2 Å². The van der Waals surface area contributed by atoms with Crippen molar-refractivity contribution in [1.82, 2.24) is 5.32 Å². The van der Waals surface area contributed by atoms with Crippen LogP contribution >= 0.6 is 0 Å². The van der Waals surface area contributed by atoms with Crippen molar-refractivity contribution in [2.24, 2.45) is 5.92 Å². The zero-order valence-corrected chi connectivity index (χ0v) is 12.2. The molecule has 0 aliphatic heterocycles. The second-order valence-corrected chi connectivity index (χ2v) is 5.02. The van der Waals surface area contributed by atoms with Crippen LogP contribution in [0.1, 0.15) is 31.1 Å². The molecule has 0 aliphatic rings. The van der Waals surface area contributed by atoms with E-state index in [1.807, 2.05) is 13.8 Å². The highest BCUT2D eigenvalue weighted by molar-refractivity contribution is 5.96. The molecule has 0 bridgehead atoms. The predicted molar refractivity (Wildman–Crippen MR) is 75.8 cm³/mol. The molecule has 0 saturated carbocycles. The Kier molecular flexibility index (Phi) is 5.83. The molecule has 0 spiro atoms. The van der Waals surface area contributed by atoms with Gasteiger partial charge in [0.2, 0.25) is 0 Å². The highest BCUT2D eigenvalue weighted by Gasteiger charge is 2.18. The van der Waals surface area contributed by atoms with E-state index >= 15 is 0 Å². The molecule has 7 nitrogen and oxygen atoms in total. The van der Waals surface area contributed by atoms with Crippen LogP contribution in [0.25, 0.3) is 0 Å². The maximum absolute atomic E-state index is 11.9. The zero-order valence-electron chi connectivity index (χ0n) is 12.2. The van der Waals surface area contributed by atoms with Gasteiger partial charge in [0.1, 0.15) is 6.04 Å². The van der Waals surface area contributed by atoms with Crippen molar-refractivity contribution >= 4 is 17.6 Å². The molecule has 1 aromatic carbocycles. The molecular formula is C14H18N2O5. The number of nitrogens with zero attached hydrogens (tertiary/aromatic N) is 1. The number of carbonyl (C=O) groups is 2. The van der Waals surface area contributed by atoms with Crippen molar-refractivity contribution in [3.63, 3.8) is 0 Å². The molecule has 0 saturated heterocycles. The van der Waals surface area contributed by atoms with Crippen molar-refractivity contribution < 1.29 is 19.2 Å². The number of non-ortho nitro benzene ring substituents is 1. The number of nitrogens with one attached hydrogen (secondary N) is 1. The molecule has 0 aromatic heterocycles. The second-order valence-electron chi connectivity index (χ2n) is 5.02. The minimum absolute atomic E-state index is 0.101. The fraction of sp³-hybridized carbons (Fsp3) is 0.429. The van der Waals surface area contributed by atoms with Crippen LogP contribution in [0.2, 0.25) is 0 Å². The van der Waals surface area contributed by atoms with Gasteiger partial charge < -0.3 is 10.1 Å². The first kappa shape index (κ1) is 16.6. The Morgan fingerprint density at radius 2 is 1.81 bits per heavy atom. The quantitative estimate of drug-likeness (QED) is 0.491. The van der Waals surface area contributed by atoms with Gasteiger partial charge in [-0.25, -0.2) is 4.79 Å². The fourth-order valence-electron chi connectivity index (χ4n) is 1.45. The van der Waals surface area contributed by atoms with E-state index in [2.05, 4.69) is 5.32 Å². The van der Waals surface area contributed by atoms with Crippen LogP contribution < -0.4 is 5.32 Å². The molecule has 0 radical (unpaired) electrons. The summed E-state index contributed by atoms with van der Waals surface area (Å²) < 4.78 is 5.01. The lowest BCUT2D eigenvalue weighted by molar-refractivity contribution is -0.384. The molecule has 7 heteroatoms. The zero-order chi connectivity index (χ0) is 16.0. The van der Waals surface area contributed by atoms with Crippen molar-refractivity contribution in [2.75, 3.05) is 6.61 Å². The third-order valence-corrected chi connectivity index (χ3v) is 2.60. The number of nitro groups is 1. The van der Waals surface area contributed by atoms with Gasteiger partial charge in [-0.1, -0.05) is 13.8 Å². The number of carbonyl (C=O) groups excluding carboxylic acids is 2. The topological polar surface area (TPSA) is 98.5 Å². The van der Waals surface area contributed by atoms with Crippen molar-refractivity contribution in [1.29, 1.82) is 0 Å². The lowest BCUT2D eigenvalue weighted by Gasteiger charge is -2.14. The molecule has 21 heavy (non-hydrogen) atoms. The number of hydrogen-bond donors (Lipinski definition) is 1. The minimum Gasteiger partial charge on any atom is -0.464 e. The first-order chi connectivity index (χ1) is 9.81. The Morgan fingerprint density at radius 1 is 1.24 bits per heavy atom. The summed E-state index contributed by atoms with van der Waals surface area (Å²) in [4.78, 5) is 33.5. The lowest BCUT2D eigenvalue weighted by Crippen LogP contribution is -2.39. The van der Waals surface area contributed by atoms with Crippen LogP contribution in [-0.2, 0) is 9.53 Å². The van der Waals surface area contributed by atoms with Crippen LogP contribution in [0.4, 0.5) is 5.69 Å². The van der Waals surface area contributed by atoms with E-state index in [-0.39, 0.29) is 23.8 Å². The lowest BCUT2D eigenvalue weighted by atomic mass is 10.2. The number of benzene rings is 1. The summed E-state index contributed by atoms with van der Waals surface area (Å²) in [5.74, 6) is -0.788. The summed E-state index contributed by atoms with van der Waals surface area (Å²) in [6.07, 6.45) is 0. The van der Waals surface area contributed by atoms with Gasteiger partial charge in [0.15, 0.2) is 0 Å². The summed E-state index contributed by atoms with van der Waals surface area (Å²) in [6.45, 7) is 5.63. The van der Waals surface area contributed by atoms with E-state index in [0.29, 0.717) is 0 Å². The van der Waals surface area contributed by atoms with E-state index in [0.717, 1.165) is 0 Å². The van der Waals surface area contributed by atoms with Gasteiger partial charge in [-0.05, 0) is 25.0 Å². The smallest absolute Gasteiger partial charge is 0.328 e. The van der Waals surface area contributed by atoms with Crippen LogP contribution in [0, 0.1) is 16.0 Å². The summed E-state index contributed by atoms with van der Waals surface area (Å²) in [5.41, 5.74) is 0.139. The molecule has 0 fully saturated rings. The number of nitro benzene ring substituents is 1. The number of hydrogen-bond acceptors (Lipinski definition) is 5. The Hall–Kier alpha value is -2.44.